The minimum Gasteiger partial charge on any atom is -0.452 e. The van der Waals surface area contributed by atoms with Gasteiger partial charge in [-0.3, -0.25) is 4.79 Å². The molecule has 0 aromatic carbocycles. The highest BCUT2D eigenvalue weighted by Gasteiger charge is 2.64. The fourth-order valence-corrected chi connectivity index (χ4v) is 3.90. The summed E-state index contributed by atoms with van der Waals surface area (Å²) in [5, 5.41) is 11.1. The smallest absolute Gasteiger partial charge is 0.334 e. The normalized spacial score (nSPS) is 44.4. The molecule has 0 amide bonds. The molecule has 0 unspecified atom stereocenters. The molecule has 0 spiro atoms. The standard InChI is InChI=1S/C15H20O5/c1-8-4-5-10-9(2)13(17)19-12(10)14(3)15(8,18)7-6-11(16)20-14/h8,12,18H,4-7H2,1-3H3/t8-,12+,14-,15+/m0/s1. The Morgan fingerprint density at radius 2 is 2.00 bits per heavy atom. The number of hydrogen-bond donors (Lipinski definition) is 1. The van der Waals surface area contributed by atoms with Gasteiger partial charge in [0.15, 0.2) is 11.7 Å². The average Bonchev–Trinajstić information content (AvgIpc) is 2.64. The molecule has 2 heterocycles. The van der Waals surface area contributed by atoms with E-state index in [-0.39, 0.29) is 24.3 Å². The molecule has 2 aliphatic heterocycles. The Bertz CT molecular complexity index is 522. The van der Waals surface area contributed by atoms with E-state index in [1.165, 1.54) is 0 Å². The first-order valence-electron chi connectivity index (χ1n) is 7.14. The largest absolute Gasteiger partial charge is 0.452 e. The van der Waals surface area contributed by atoms with E-state index in [1.807, 2.05) is 6.92 Å². The van der Waals surface area contributed by atoms with Crippen molar-refractivity contribution in [2.24, 2.45) is 5.92 Å². The summed E-state index contributed by atoms with van der Waals surface area (Å²) in [7, 11) is 0. The summed E-state index contributed by atoms with van der Waals surface area (Å²) in [5.41, 5.74) is -0.886. The molecule has 1 N–H and O–H groups in total. The molecular formula is C15H20O5. The number of hydrogen-bond acceptors (Lipinski definition) is 5. The van der Waals surface area contributed by atoms with E-state index in [4.69, 9.17) is 9.47 Å². The van der Waals surface area contributed by atoms with Gasteiger partial charge in [0.2, 0.25) is 0 Å². The van der Waals surface area contributed by atoms with E-state index in [1.54, 1.807) is 13.8 Å². The highest BCUT2D eigenvalue weighted by atomic mass is 16.6. The van der Waals surface area contributed by atoms with Gasteiger partial charge in [0.05, 0.1) is 0 Å². The first-order valence-corrected chi connectivity index (χ1v) is 7.14. The summed E-state index contributed by atoms with van der Waals surface area (Å²) < 4.78 is 11.0. The Hall–Kier alpha value is -1.36. The maximum absolute atomic E-state index is 11.8. The second-order valence-corrected chi connectivity index (χ2v) is 6.38. The van der Waals surface area contributed by atoms with E-state index < -0.39 is 17.3 Å². The van der Waals surface area contributed by atoms with E-state index >= 15 is 0 Å². The van der Waals surface area contributed by atoms with Crippen LogP contribution in [0.1, 0.15) is 46.5 Å². The summed E-state index contributed by atoms with van der Waals surface area (Å²) in [5.74, 6) is -0.735. The van der Waals surface area contributed by atoms with Gasteiger partial charge in [-0.2, -0.15) is 0 Å². The molecule has 0 radical (unpaired) electrons. The van der Waals surface area contributed by atoms with Crippen LogP contribution >= 0.6 is 0 Å². The summed E-state index contributed by atoms with van der Waals surface area (Å²) in [4.78, 5) is 23.6. The molecule has 5 heteroatoms. The summed E-state index contributed by atoms with van der Waals surface area (Å²) in [6, 6.07) is 0. The number of rotatable bonds is 0. The highest BCUT2D eigenvalue weighted by molar-refractivity contribution is 5.92. The maximum Gasteiger partial charge on any atom is 0.334 e. The number of esters is 2. The van der Waals surface area contributed by atoms with Crippen LogP contribution in [0.3, 0.4) is 0 Å². The van der Waals surface area contributed by atoms with Crippen LogP contribution in [-0.2, 0) is 19.1 Å². The van der Waals surface area contributed by atoms with Gasteiger partial charge in [0.1, 0.15) is 5.60 Å². The van der Waals surface area contributed by atoms with E-state index in [0.717, 1.165) is 12.0 Å². The third-order valence-electron chi connectivity index (χ3n) is 5.39. The lowest BCUT2D eigenvalue weighted by Crippen LogP contribution is -2.66. The van der Waals surface area contributed by atoms with Gasteiger partial charge in [0, 0.05) is 12.0 Å². The molecule has 1 saturated carbocycles. The van der Waals surface area contributed by atoms with Crippen molar-refractivity contribution in [3.05, 3.63) is 11.1 Å². The monoisotopic (exact) mass is 280 g/mol. The van der Waals surface area contributed by atoms with Crippen LogP contribution in [0, 0.1) is 5.92 Å². The molecule has 5 nitrogen and oxygen atoms in total. The maximum atomic E-state index is 11.8. The summed E-state index contributed by atoms with van der Waals surface area (Å²) in [6.07, 6.45) is 1.34. The molecule has 4 atom stereocenters. The van der Waals surface area contributed by atoms with Crippen LogP contribution in [-0.4, -0.2) is 34.4 Å². The number of fused-ring (bicyclic) bond motifs is 3. The number of carbonyl (C=O) groups is 2. The van der Waals surface area contributed by atoms with Gasteiger partial charge in [-0.1, -0.05) is 6.92 Å². The van der Waals surface area contributed by atoms with E-state index in [2.05, 4.69) is 0 Å². The van der Waals surface area contributed by atoms with Crippen molar-refractivity contribution in [3.8, 4) is 0 Å². The molecule has 110 valence electrons. The van der Waals surface area contributed by atoms with Crippen LogP contribution in [0.5, 0.6) is 0 Å². The van der Waals surface area contributed by atoms with Gasteiger partial charge < -0.3 is 14.6 Å². The Labute approximate surface area is 117 Å². The third-order valence-corrected chi connectivity index (χ3v) is 5.39. The van der Waals surface area contributed by atoms with Crippen molar-refractivity contribution in [3.63, 3.8) is 0 Å². The number of ether oxygens (including phenoxy) is 2. The average molecular weight is 280 g/mol. The number of aliphatic hydroxyl groups is 1. The Balaban J connectivity index is 2.14. The van der Waals surface area contributed by atoms with Crippen molar-refractivity contribution >= 4 is 11.9 Å². The zero-order valence-electron chi connectivity index (χ0n) is 12.1. The van der Waals surface area contributed by atoms with Gasteiger partial charge in [-0.15, -0.1) is 0 Å². The minimum atomic E-state index is -1.19. The minimum absolute atomic E-state index is 0.0230. The van der Waals surface area contributed by atoms with Crippen molar-refractivity contribution in [1.29, 1.82) is 0 Å². The zero-order chi connectivity index (χ0) is 14.7. The first-order chi connectivity index (χ1) is 9.29. The number of carbonyl (C=O) groups excluding carboxylic acids is 2. The Morgan fingerprint density at radius 1 is 1.30 bits per heavy atom. The van der Waals surface area contributed by atoms with Crippen LogP contribution in [0.15, 0.2) is 11.1 Å². The highest BCUT2D eigenvalue weighted by Crippen LogP contribution is 2.52. The molecule has 0 aromatic heterocycles. The van der Waals surface area contributed by atoms with Crippen molar-refractivity contribution in [1.82, 2.24) is 0 Å². The second kappa shape index (κ2) is 4.07. The fraction of sp³-hybridized carbons (Fsp3) is 0.733. The first kappa shape index (κ1) is 13.6. The molecule has 1 aliphatic carbocycles. The predicted octanol–water partition coefficient (Wildman–Crippen LogP) is 1.48. The zero-order valence-corrected chi connectivity index (χ0v) is 12.1. The van der Waals surface area contributed by atoms with E-state index in [0.29, 0.717) is 18.4 Å². The van der Waals surface area contributed by atoms with E-state index in [9.17, 15) is 14.7 Å². The van der Waals surface area contributed by atoms with Gasteiger partial charge >= 0.3 is 11.9 Å². The van der Waals surface area contributed by atoms with Crippen molar-refractivity contribution in [2.75, 3.05) is 0 Å². The Kier molecular flexibility index (Phi) is 2.77. The SMILES string of the molecule is CC1=C2CC[C@H](C)[C@]3(O)CCC(=O)O[C@@]3(C)[C@@H]2OC1=O. The van der Waals surface area contributed by atoms with Crippen LogP contribution < -0.4 is 0 Å². The van der Waals surface area contributed by atoms with Crippen molar-refractivity contribution < 1.29 is 24.2 Å². The lowest BCUT2D eigenvalue weighted by molar-refractivity contribution is -0.246. The quantitative estimate of drug-likeness (QED) is 0.680. The molecule has 2 fully saturated rings. The topological polar surface area (TPSA) is 72.8 Å². The molecule has 3 aliphatic rings. The predicted molar refractivity (Wildman–Crippen MR) is 69.7 cm³/mol. The molecule has 0 aromatic rings. The summed E-state index contributed by atoms with van der Waals surface area (Å²) in [6.45, 7) is 5.40. The van der Waals surface area contributed by atoms with Gasteiger partial charge in [-0.05, 0) is 44.6 Å². The lowest BCUT2D eigenvalue weighted by Gasteiger charge is -2.51. The molecule has 20 heavy (non-hydrogen) atoms. The Morgan fingerprint density at radius 3 is 2.70 bits per heavy atom. The third kappa shape index (κ3) is 1.53. The molecule has 0 bridgehead atoms. The molecule has 1 saturated heterocycles. The van der Waals surface area contributed by atoms with Gasteiger partial charge in [0.25, 0.3) is 0 Å². The fourth-order valence-electron chi connectivity index (χ4n) is 3.90. The van der Waals surface area contributed by atoms with Crippen LogP contribution in [0.4, 0.5) is 0 Å². The second-order valence-electron chi connectivity index (χ2n) is 6.38. The van der Waals surface area contributed by atoms with Gasteiger partial charge in [-0.25, -0.2) is 4.79 Å². The lowest BCUT2D eigenvalue weighted by atomic mass is 9.69. The van der Waals surface area contributed by atoms with Crippen molar-refractivity contribution in [2.45, 2.75) is 63.8 Å². The molecular weight excluding hydrogens is 260 g/mol. The van der Waals surface area contributed by atoms with Crippen LogP contribution in [0.2, 0.25) is 0 Å². The molecule has 3 rings (SSSR count). The van der Waals surface area contributed by atoms with Crippen LogP contribution in [0.25, 0.3) is 0 Å². The summed E-state index contributed by atoms with van der Waals surface area (Å²) >= 11 is 0.